The Morgan fingerprint density at radius 3 is 2.83 bits per heavy atom. The minimum absolute atomic E-state index is 0.178. The van der Waals surface area contributed by atoms with Crippen molar-refractivity contribution < 1.29 is 5.11 Å². The van der Waals surface area contributed by atoms with Crippen molar-refractivity contribution in [2.45, 2.75) is 50.5 Å². The molecular weight excluding hydrogens is 222 g/mol. The summed E-state index contributed by atoms with van der Waals surface area (Å²) in [6.07, 6.45) is 9.19. The van der Waals surface area contributed by atoms with Crippen molar-refractivity contribution in [2.75, 3.05) is 6.54 Å². The molecule has 2 unspecified atom stereocenters. The summed E-state index contributed by atoms with van der Waals surface area (Å²) >= 11 is 0. The van der Waals surface area contributed by atoms with Crippen LogP contribution in [0.15, 0.2) is 18.2 Å². The fourth-order valence-electron chi connectivity index (χ4n) is 5.00. The molecule has 1 aliphatic heterocycles. The summed E-state index contributed by atoms with van der Waals surface area (Å²) in [5.74, 6) is 0.428. The standard InChI is InChI=1S/C16H21NO/c18-13-5-4-12-11-15-6-1-2-8-16(15,14(12)10-13)17-9-3-7-15/h4-5,10,17-18H,1-3,6-9,11H2. The molecule has 0 amide bonds. The Balaban J connectivity index is 1.93. The summed E-state index contributed by atoms with van der Waals surface area (Å²) in [7, 11) is 0. The van der Waals surface area contributed by atoms with Crippen molar-refractivity contribution in [1.82, 2.24) is 5.32 Å². The van der Waals surface area contributed by atoms with Crippen LogP contribution in [0.25, 0.3) is 0 Å². The molecule has 2 atom stereocenters. The Labute approximate surface area is 108 Å². The summed E-state index contributed by atoms with van der Waals surface area (Å²) in [6.45, 7) is 1.14. The molecule has 2 fully saturated rings. The van der Waals surface area contributed by atoms with Gasteiger partial charge in [-0.1, -0.05) is 18.9 Å². The summed E-state index contributed by atoms with van der Waals surface area (Å²) < 4.78 is 0. The molecule has 2 heteroatoms. The summed E-state index contributed by atoms with van der Waals surface area (Å²) in [5.41, 5.74) is 3.50. The molecule has 2 aliphatic carbocycles. The van der Waals surface area contributed by atoms with Gasteiger partial charge in [-0.2, -0.15) is 0 Å². The van der Waals surface area contributed by atoms with Crippen molar-refractivity contribution in [3.8, 4) is 5.75 Å². The molecule has 18 heavy (non-hydrogen) atoms. The molecule has 1 heterocycles. The van der Waals surface area contributed by atoms with Gasteiger partial charge in [0, 0.05) is 5.54 Å². The average molecular weight is 243 g/mol. The van der Waals surface area contributed by atoms with E-state index >= 15 is 0 Å². The van der Waals surface area contributed by atoms with Crippen molar-refractivity contribution in [1.29, 1.82) is 0 Å². The normalized spacial score (nSPS) is 37.8. The van der Waals surface area contributed by atoms with E-state index in [1.807, 2.05) is 12.1 Å². The summed E-state index contributed by atoms with van der Waals surface area (Å²) in [6, 6.07) is 6.04. The highest BCUT2D eigenvalue weighted by Crippen LogP contribution is 2.61. The zero-order valence-corrected chi connectivity index (χ0v) is 10.8. The fourth-order valence-corrected chi connectivity index (χ4v) is 5.00. The van der Waals surface area contributed by atoms with E-state index in [1.54, 1.807) is 0 Å². The number of piperidine rings is 1. The van der Waals surface area contributed by atoms with Gasteiger partial charge in [0.2, 0.25) is 0 Å². The van der Waals surface area contributed by atoms with Crippen molar-refractivity contribution in [2.24, 2.45) is 5.41 Å². The number of benzene rings is 1. The van der Waals surface area contributed by atoms with E-state index in [4.69, 9.17) is 0 Å². The Morgan fingerprint density at radius 2 is 1.89 bits per heavy atom. The van der Waals surface area contributed by atoms with Gasteiger partial charge in [0.25, 0.3) is 0 Å². The molecule has 2 nitrogen and oxygen atoms in total. The molecule has 0 spiro atoms. The SMILES string of the molecule is Oc1ccc2c(c1)C13CCCCC1(CCCN3)C2. The monoisotopic (exact) mass is 243 g/mol. The molecule has 0 aromatic heterocycles. The number of hydrogen-bond donors (Lipinski definition) is 2. The van der Waals surface area contributed by atoms with Gasteiger partial charge in [0.05, 0.1) is 0 Å². The molecule has 1 saturated heterocycles. The lowest BCUT2D eigenvalue weighted by molar-refractivity contribution is 0.00860. The van der Waals surface area contributed by atoms with Gasteiger partial charge in [0.1, 0.15) is 5.75 Å². The van der Waals surface area contributed by atoms with Gasteiger partial charge in [0.15, 0.2) is 0 Å². The first kappa shape index (κ1) is 10.9. The highest BCUT2D eigenvalue weighted by Gasteiger charge is 2.58. The fraction of sp³-hybridized carbons (Fsp3) is 0.625. The first-order valence-electron chi connectivity index (χ1n) is 7.33. The lowest BCUT2D eigenvalue weighted by atomic mass is 9.58. The van der Waals surface area contributed by atoms with Gasteiger partial charge in [-0.05, 0) is 67.3 Å². The number of aromatic hydroxyl groups is 1. The zero-order valence-electron chi connectivity index (χ0n) is 10.8. The van der Waals surface area contributed by atoms with Crippen LogP contribution < -0.4 is 5.32 Å². The van der Waals surface area contributed by atoms with Crippen LogP contribution >= 0.6 is 0 Å². The molecule has 2 N–H and O–H groups in total. The van der Waals surface area contributed by atoms with Crippen LogP contribution in [0.1, 0.15) is 49.7 Å². The number of hydrogen-bond acceptors (Lipinski definition) is 2. The lowest BCUT2D eigenvalue weighted by Crippen LogP contribution is -2.58. The van der Waals surface area contributed by atoms with Gasteiger partial charge in [-0.25, -0.2) is 0 Å². The van der Waals surface area contributed by atoms with Crippen LogP contribution in [0.3, 0.4) is 0 Å². The first-order chi connectivity index (χ1) is 8.76. The van der Waals surface area contributed by atoms with Crippen LogP contribution in [0, 0.1) is 5.41 Å². The Morgan fingerprint density at radius 1 is 1.06 bits per heavy atom. The number of fused-ring (bicyclic) bond motifs is 1. The van der Waals surface area contributed by atoms with Gasteiger partial charge < -0.3 is 10.4 Å². The highest BCUT2D eigenvalue weighted by molar-refractivity contribution is 5.47. The molecule has 0 bridgehead atoms. The number of phenols is 1. The topological polar surface area (TPSA) is 32.3 Å². The maximum absolute atomic E-state index is 9.84. The van der Waals surface area contributed by atoms with E-state index in [0.717, 1.165) is 6.54 Å². The van der Waals surface area contributed by atoms with E-state index in [2.05, 4.69) is 11.4 Å². The van der Waals surface area contributed by atoms with Crippen molar-refractivity contribution >= 4 is 0 Å². The lowest BCUT2D eigenvalue weighted by Gasteiger charge is -2.54. The van der Waals surface area contributed by atoms with Gasteiger partial charge in [-0.3, -0.25) is 0 Å². The summed E-state index contributed by atoms with van der Waals surface area (Å²) in [4.78, 5) is 0. The molecule has 1 saturated carbocycles. The third-order valence-electron chi connectivity index (χ3n) is 5.70. The van der Waals surface area contributed by atoms with Crippen LogP contribution in [-0.4, -0.2) is 11.7 Å². The van der Waals surface area contributed by atoms with Crippen LogP contribution in [0.2, 0.25) is 0 Å². The third kappa shape index (κ3) is 1.17. The summed E-state index contributed by atoms with van der Waals surface area (Å²) in [5, 5.41) is 13.7. The van der Waals surface area contributed by atoms with E-state index in [1.165, 1.54) is 56.1 Å². The van der Waals surface area contributed by atoms with Crippen LogP contribution in [0.5, 0.6) is 5.75 Å². The highest BCUT2D eigenvalue weighted by atomic mass is 16.3. The predicted octanol–water partition coefficient (Wildman–Crippen LogP) is 3.09. The third-order valence-corrected chi connectivity index (χ3v) is 5.70. The van der Waals surface area contributed by atoms with E-state index in [0.29, 0.717) is 11.2 Å². The second-order valence-corrected chi connectivity index (χ2v) is 6.44. The predicted molar refractivity (Wildman–Crippen MR) is 71.6 cm³/mol. The van der Waals surface area contributed by atoms with E-state index in [-0.39, 0.29) is 5.54 Å². The second-order valence-electron chi connectivity index (χ2n) is 6.44. The maximum atomic E-state index is 9.84. The van der Waals surface area contributed by atoms with Crippen molar-refractivity contribution in [3.63, 3.8) is 0 Å². The second kappa shape index (κ2) is 3.51. The maximum Gasteiger partial charge on any atom is 0.115 e. The van der Waals surface area contributed by atoms with E-state index < -0.39 is 0 Å². The van der Waals surface area contributed by atoms with E-state index in [9.17, 15) is 5.11 Å². The molecule has 96 valence electrons. The van der Waals surface area contributed by atoms with Crippen LogP contribution in [-0.2, 0) is 12.0 Å². The van der Waals surface area contributed by atoms with Crippen molar-refractivity contribution in [3.05, 3.63) is 29.3 Å². The molecular formula is C16H21NO. The Bertz CT molecular complexity index is 482. The Hall–Kier alpha value is -1.02. The number of rotatable bonds is 0. The van der Waals surface area contributed by atoms with Gasteiger partial charge in [-0.15, -0.1) is 0 Å². The quantitative estimate of drug-likeness (QED) is 0.734. The molecule has 3 aliphatic rings. The van der Waals surface area contributed by atoms with Crippen LogP contribution in [0.4, 0.5) is 0 Å². The molecule has 1 aromatic rings. The first-order valence-corrected chi connectivity index (χ1v) is 7.33. The minimum Gasteiger partial charge on any atom is -0.508 e. The van der Waals surface area contributed by atoms with Gasteiger partial charge >= 0.3 is 0 Å². The Kier molecular flexibility index (Phi) is 2.12. The number of nitrogens with one attached hydrogen (secondary N) is 1. The number of phenolic OH excluding ortho intramolecular Hbond substituents is 1. The largest absolute Gasteiger partial charge is 0.508 e. The molecule has 1 aromatic carbocycles. The molecule has 4 rings (SSSR count). The average Bonchev–Trinajstić information content (AvgIpc) is 2.69. The smallest absolute Gasteiger partial charge is 0.115 e. The zero-order chi connectivity index (χ0) is 12.2. The minimum atomic E-state index is 0.178. The molecule has 0 radical (unpaired) electrons.